The van der Waals surface area contributed by atoms with E-state index in [-0.39, 0.29) is 5.91 Å². The lowest BCUT2D eigenvalue weighted by Crippen LogP contribution is -2.28. The van der Waals surface area contributed by atoms with E-state index in [0.29, 0.717) is 18.2 Å². The standard InChI is InChI=1S/C21H27N5O/c1-14(2)19-12-20(25(6)23-19)21(27)24(5)13-17-8-7-9-18(11-17)26-16(4)10-15(3)22-26/h7-12,14H,13H2,1-6H3. The minimum Gasteiger partial charge on any atom is -0.336 e. The predicted molar refractivity (Wildman–Crippen MR) is 106 cm³/mol. The summed E-state index contributed by atoms with van der Waals surface area (Å²) in [7, 11) is 3.64. The molecule has 3 rings (SSSR count). The number of rotatable bonds is 5. The van der Waals surface area contributed by atoms with Crippen LogP contribution < -0.4 is 0 Å². The highest BCUT2D eigenvalue weighted by Crippen LogP contribution is 2.18. The molecular weight excluding hydrogens is 338 g/mol. The summed E-state index contributed by atoms with van der Waals surface area (Å²) in [6, 6.07) is 12.1. The van der Waals surface area contributed by atoms with Crippen LogP contribution in [0.15, 0.2) is 36.4 Å². The third-order valence-electron chi connectivity index (χ3n) is 4.64. The monoisotopic (exact) mass is 365 g/mol. The molecule has 2 aromatic heterocycles. The fourth-order valence-electron chi connectivity index (χ4n) is 3.19. The van der Waals surface area contributed by atoms with Gasteiger partial charge in [0.05, 0.1) is 17.1 Å². The van der Waals surface area contributed by atoms with Gasteiger partial charge in [0, 0.05) is 26.3 Å². The minimum absolute atomic E-state index is 0.0339. The number of hydrogen-bond acceptors (Lipinski definition) is 3. The van der Waals surface area contributed by atoms with Crippen LogP contribution in [-0.2, 0) is 13.6 Å². The van der Waals surface area contributed by atoms with Gasteiger partial charge in [-0.1, -0.05) is 26.0 Å². The average Bonchev–Trinajstić information content (AvgIpc) is 3.16. The Balaban J connectivity index is 1.80. The topological polar surface area (TPSA) is 56.0 Å². The molecule has 1 amide bonds. The Bertz CT molecular complexity index is 967. The first kappa shape index (κ1) is 18.9. The third kappa shape index (κ3) is 3.94. The van der Waals surface area contributed by atoms with Gasteiger partial charge >= 0.3 is 0 Å². The van der Waals surface area contributed by atoms with Crippen molar-refractivity contribution in [1.29, 1.82) is 0 Å². The minimum atomic E-state index is -0.0339. The van der Waals surface area contributed by atoms with Crippen molar-refractivity contribution in [2.45, 2.75) is 40.2 Å². The lowest BCUT2D eigenvalue weighted by atomic mass is 10.1. The van der Waals surface area contributed by atoms with Gasteiger partial charge in [-0.2, -0.15) is 10.2 Å². The Morgan fingerprint density at radius 3 is 2.48 bits per heavy atom. The van der Waals surface area contributed by atoms with Crippen LogP contribution in [0.3, 0.4) is 0 Å². The molecule has 0 atom stereocenters. The number of amides is 1. The van der Waals surface area contributed by atoms with Crippen LogP contribution >= 0.6 is 0 Å². The molecule has 0 radical (unpaired) electrons. The lowest BCUT2D eigenvalue weighted by molar-refractivity contribution is 0.0774. The zero-order chi connectivity index (χ0) is 19.7. The number of hydrogen-bond donors (Lipinski definition) is 0. The molecule has 0 aliphatic heterocycles. The van der Waals surface area contributed by atoms with E-state index in [1.807, 2.05) is 56.9 Å². The molecule has 6 heteroatoms. The largest absolute Gasteiger partial charge is 0.336 e. The molecule has 142 valence electrons. The van der Waals surface area contributed by atoms with E-state index in [1.54, 1.807) is 9.58 Å². The molecule has 0 spiro atoms. The van der Waals surface area contributed by atoms with Crippen LogP contribution in [0.4, 0.5) is 0 Å². The van der Waals surface area contributed by atoms with Gasteiger partial charge in [0.25, 0.3) is 5.91 Å². The summed E-state index contributed by atoms with van der Waals surface area (Å²) < 4.78 is 3.59. The smallest absolute Gasteiger partial charge is 0.272 e. The van der Waals surface area contributed by atoms with E-state index in [2.05, 4.69) is 36.2 Å². The fraction of sp³-hybridized carbons (Fsp3) is 0.381. The first-order valence-electron chi connectivity index (χ1n) is 9.18. The second kappa shape index (κ2) is 7.39. The Morgan fingerprint density at radius 2 is 1.89 bits per heavy atom. The van der Waals surface area contributed by atoms with E-state index in [4.69, 9.17) is 0 Å². The summed E-state index contributed by atoms with van der Waals surface area (Å²) in [5.41, 5.74) is 5.67. The van der Waals surface area contributed by atoms with Gasteiger partial charge in [0.15, 0.2) is 0 Å². The van der Waals surface area contributed by atoms with Gasteiger partial charge in [0.1, 0.15) is 5.69 Å². The molecular formula is C21H27N5O. The molecule has 6 nitrogen and oxygen atoms in total. The molecule has 1 aromatic carbocycles. The maximum atomic E-state index is 12.9. The summed E-state index contributed by atoms with van der Waals surface area (Å²) in [5, 5.41) is 8.98. The molecule has 2 heterocycles. The van der Waals surface area contributed by atoms with Crippen molar-refractivity contribution in [1.82, 2.24) is 24.5 Å². The van der Waals surface area contributed by atoms with Gasteiger partial charge in [-0.25, -0.2) is 4.68 Å². The van der Waals surface area contributed by atoms with E-state index < -0.39 is 0 Å². The van der Waals surface area contributed by atoms with Crippen LogP contribution in [0.2, 0.25) is 0 Å². The number of benzene rings is 1. The average molecular weight is 365 g/mol. The predicted octanol–water partition coefficient (Wildman–Crippen LogP) is 3.62. The second-order valence-electron chi connectivity index (χ2n) is 7.40. The molecule has 3 aromatic rings. The fourth-order valence-corrected chi connectivity index (χ4v) is 3.19. The molecule has 27 heavy (non-hydrogen) atoms. The van der Waals surface area contributed by atoms with Crippen LogP contribution in [-0.4, -0.2) is 37.4 Å². The third-order valence-corrected chi connectivity index (χ3v) is 4.64. The summed E-state index contributed by atoms with van der Waals surface area (Å²) in [4.78, 5) is 14.6. The SMILES string of the molecule is Cc1cc(C)n(-c2cccc(CN(C)C(=O)c3cc(C(C)C)nn3C)c2)n1. The number of carbonyl (C=O) groups is 1. The molecule has 0 fully saturated rings. The van der Waals surface area contributed by atoms with Gasteiger partial charge in [-0.15, -0.1) is 0 Å². The van der Waals surface area contributed by atoms with Crippen LogP contribution in [0.5, 0.6) is 0 Å². The summed E-state index contributed by atoms with van der Waals surface area (Å²) in [6.45, 7) is 8.69. The summed E-state index contributed by atoms with van der Waals surface area (Å²) in [5.74, 6) is 0.258. The van der Waals surface area contributed by atoms with Gasteiger partial charge in [-0.3, -0.25) is 9.48 Å². The molecule has 0 unspecified atom stereocenters. The maximum Gasteiger partial charge on any atom is 0.272 e. The van der Waals surface area contributed by atoms with Crippen molar-refractivity contribution in [3.63, 3.8) is 0 Å². The highest BCUT2D eigenvalue weighted by atomic mass is 16.2. The van der Waals surface area contributed by atoms with Crippen molar-refractivity contribution in [3.8, 4) is 5.69 Å². The zero-order valence-corrected chi connectivity index (χ0v) is 16.9. The molecule has 0 saturated heterocycles. The van der Waals surface area contributed by atoms with E-state index in [1.165, 1.54) is 0 Å². The van der Waals surface area contributed by atoms with Crippen LogP contribution in [0, 0.1) is 13.8 Å². The van der Waals surface area contributed by atoms with Gasteiger partial charge in [0.2, 0.25) is 0 Å². The van der Waals surface area contributed by atoms with E-state index >= 15 is 0 Å². The summed E-state index contributed by atoms with van der Waals surface area (Å²) in [6.07, 6.45) is 0. The quantitative estimate of drug-likeness (QED) is 0.694. The number of aryl methyl sites for hydroxylation is 3. The lowest BCUT2D eigenvalue weighted by Gasteiger charge is -2.18. The maximum absolute atomic E-state index is 12.9. The zero-order valence-electron chi connectivity index (χ0n) is 16.9. The highest BCUT2D eigenvalue weighted by Gasteiger charge is 2.19. The first-order chi connectivity index (χ1) is 12.8. The van der Waals surface area contributed by atoms with Crippen LogP contribution in [0.25, 0.3) is 5.69 Å². The van der Waals surface area contributed by atoms with Gasteiger partial charge in [-0.05, 0) is 49.6 Å². The first-order valence-corrected chi connectivity index (χ1v) is 9.18. The van der Waals surface area contributed by atoms with Crippen molar-refractivity contribution in [2.24, 2.45) is 7.05 Å². The van der Waals surface area contributed by atoms with Gasteiger partial charge < -0.3 is 4.90 Å². The Hall–Kier alpha value is -2.89. The van der Waals surface area contributed by atoms with Crippen molar-refractivity contribution >= 4 is 5.91 Å². The van der Waals surface area contributed by atoms with Crippen molar-refractivity contribution in [3.05, 3.63) is 64.7 Å². The molecule has 0 aliphatic carbocycles. The van der Waals surface area contributed by atoms with Crippen LogP contribution in [0.1, 0.15) is 52.9 Å². The van der Waals surface area contributed by atoms with E-state index in [9.17, 15) is 4.79 Å². The molecule has 0 saturated carbocycles. The molecule has 0 N–H and O–H groups in total. The number of carbonyl (C=O) groups excluding carboxylic acids is 1. The molecule has 0 bridgehead atoms. The highest BCUT2D eigenvalue weighted by molar-refractivity contribution is 5.92. The normalized spacial score (nSPS) is 11.2. The summed E-state index contributed by atoms with van der Waals surface area (Å²) >= 11 is 0. The Labute approximate surface area is 160 Å². The molecule has 0 aliphatic rings. The second-order valence-corrected chi connectivity index (χ2v) is 7.40. The number of nitrogens with zero attached hydrogens (tertiary/aromatic N) is 5. The Kier molecular flexibility index (Phi) is 5.17. The van der Waals surface area contributed by atoms with Crippen molar-refractivity contribution < 1.29 is 4.79 Å². The number of aromatic nitrogens is 4. The Morgan fingerprint density at radius 1 is 1.15 bits per heavy atom. The van der Waals surface area contributed by atoms with E-state index in [0.717, 1.165) is 28.3 Å². The van der Waals surface area contributed by atoms with Crippen molar-refractivity contribution in [2.75, 3.05) is 7.05 Å².